The molecule has 0 saturated heterocycles. The number of hydrogen-bond donors (Lipinski definition) is 1. The van der Waals surface area contributed by atoms with Crippen LogP contribution < -0.4 is 19.1 Å². The van der Waals surface area contributed by atoms with Crippen molar-refractivity contribution in [3.63, 3.8) is 0 Å². The number of nitrogens with one attached hydrogen (secondary N) is 1. The van der Waals surface area contributed by atoms with E-state index in [1.54, 1.807) is 48.2 Å². The van der Waals surface area contributed by atoms with Gasteiger partial charge in [0.1, 0.15) is 11.5 Å². The number of carbonyl (C=O) groups excluding carboxylic acids is 1. The van der Waals surface area contributed by atoms with Crippen molar-refractivity contribution in [2.75, 3.05) is 29.0 Å². The van der Waals surface area contributed by atoms with Crippen molar-refractivity contribution >= 4 is 49.8 Å². The van der Waals surface area contributed by atoms with Crippen LogP contribution in [0.3, 0.4) is 0 Å². The molecule has 4 rings (SSSR count). The summed E-state index contributed by atoms with van der Waals surface area (Å²) in [5.41, 5.74) is 0.366. The van der Waals surface area contributed by atoms with Gasteiger partial charge in [0, 0.05) is 5.75 Å². The summed E-state index contributed by atoms with van der Waals surface area (Å²) in [5, 5.41) is 11.2. The van der Waals surface area contributed by atoms with E-state index in [9.17, 15) is 13.2 Å². The molecule has 3 aromatic rings. The Balaban J connectivity index is 1.56. The molecule has 2 heterocycles. The molecule has 1 amide bonds. The van der Waals surface area contributed by atoms with Gasteiger partial charge in [-0.15, -0.1) is 10.2 Å². The van der Waals surface area contributed by atoms with Crippen LogP contribution in [0.2, 0.25) is 0 Å². The molecule has 1 N–H and O–H groups in total. The molecule has 1 atom stereocenters. The molecule has 34 heavy (non-hydrogen) atoms. The number of fused-ring (bicyclic) bond motifs is 1. The fourth-order valence-electron chi connectivity index (χ4n) is 3.18. The zero-order chi connectivity index (χ0) is 24.3. The van der Waals surface area contributed by atoms with Gasteiger partial charge in [-0.05, 0) is 42.3 Å². The topological polar surface area (TPSA) is 111 Å². The highest BCUT2D eigenvalue weighted by Crippen LogP contribution is 2.37. The number of rotatable bonds is 8. The molecule has 1 aromatic heterocycles. The van der Waals surface area contributed by atoms with Gasteiger partial charge < -0.3 is 9.47 Å². The lowest BCUT2D eigenvalue weighted by Gasteiger charge is -2.34. The maximum atomic E-state index is 13.5. The fourth-order valence-corrected chi connectivity index (χ4v) is 6.39. The van der Waals surface area contributed by atoms with E-state index in [-0.39, 0.29) is 11.4 Å². The maximum Gasteiger partial charge on any atom is 0.269 e. The Kier molecular flexibility index (Phi) is 7.29. The van der Waals surface area contributed by atoms with E-state index < -0.39 is 22.0 Å². The molecule has 0 fully saturated rings. The van der Waals surface area contributed by atoms with Crippen molar-refractivity contribution in [2.24, 2.45) is 5.92 Å². The van der Waals surface area contributed by atoms with Crippen LogP contribution in [0, 0.1) is 5.92 Å². The Labute approximate surface area is 206 Å². The van der Waals surface area contributed by atoms with Crippen LogP contribution in [0.15, 0.2) is 57.8 Å². The van der Waals surface area contributed by atoms with E-state index in [2.05, 4.69) is 29.4 Å². The van der Waals surface area contributed by atoms with Crippen molar-refractivity contribution in [3.8, 4) is 11.5 Å². The zero-order valence-corrected chi connectivity index (χ0v) is 21.2. The van der Waals surface area contributed by atoms with Crippen LogP contribution in [0.1, 0.15) is 13.8 Å². The number of methoxy groups -OCH3 is 1. The van der Waals surface area contributed by atoms with Gasteiger partial charge >= 0.3 is 0 Å². The monoisotopic (exact) mass is 520 g/mol. The largest absolute Gasteiger partial charge is 0.497 e. The second-order valence-corrected chi connectivity index (χ2v) is 12.0. The summed E-state index contributed by atoms with van der Waals surface area (Å²) in [6, 6.07) is 12.8. The van der Waals surface area contributed by atoms with Crippen LogP contribution in [0.4, 0.5) is 10.8 Å². The first kappa shape index (κ1) is 24.3. The summed E-state index contributed by atoms with van der Waals surface area (Å²) >= 11 is 2.84. The van der Waals surface area contributed by atoms with Crippen molar-refractivity contribution < 1.29 is 22.7 Å². The average molecular weight is 521 g/mol. The summed E-state index contributed by atoms with van der Waals surface area (Å²) < 4.78 is 39.9. The third-order valence-electron chi connectivity index (χ3n) is 4.85. The van der Waals surface area contributed by atoms with Crippen LogP contribution in [-0.4, -0.2) is 50.0 Å². The Morgan fingerprint density at radius 1 is 1.24 bits per heavy atom. The second kappa shape index (κ2) is 10.2. The minimum atomic E-state index is -3.96. The minimum Gasteiger partial charge on any atom is -0.497 e. The van der Waals surface area contributed by atoms with Gasteiger partial charge in [0.2, 0.25) is 5.13 Å². The number of carbonyl (C=O) groups is 1. The van der Waals surface area contributed by atoms with E-state index >= 15 is 0 Å². The molecule has 0 radical (unpaired) electrons. The smallest absolute Gasteiger partial charge is 0.269 e. The number of anilines is 2. The first-order valence-corrected chi connectivity index (χ1v) is 13.7. The number of nitrogens with zero attached hydrogens (tertiary/aromatic N) is 3. The first-order chi connectivity index (χ1) is 16.3. The highest BCUT2D eigenvalue weighted by molar-refractivity contribution is 8.01. The van der Waals surface area contributed by atoms with Crippen molar-refractivity contribution in [2.45, 2.75) is 29.2 Å². The lowest BCUT2D eigenvalue weighted by Crippen LogP contribution is -2.48. The van der Waals surface area contributed by atoms with Gasteiger partial charge in [-0.3, -0.25) is 14.4 Å². The number of sulfonamides is 1. The van der Waals surface area contributed by atoms with Crippen LogP contribution in [0.25, 0.3) is 0 Å². The summed E-state index contributed by atoms with van der Waals surface area (Å²) in [6.45, 7) is 4.03. The first-order valence-electron chi connectivity index (χ1n) is 10.5. The molecule has 9 nitrogen and oxygen atoms in total. The molecule has 2 aromatic carbocycles. The van der Waals surface area contributed by atoms with Gasteiger partial charge in [-0.2, -0.15) is 0 Å². The zero-order valence-electron chi connectivity index (χ0n) is 18.8. The second-order valence-electron chi connectivity index (χ2n) is 7.85. The molecular weight excluding hydrogens is 496 g/mol. The molecule has 0 saturated carbocycles. The molecule has 0 spiro atoms. The molecule has 180 valence electrons. The molecule has 1 aliphatic rings. The molecule has 0 aliphatic carbocycles. The van der Waals surface area contributed by atoms with Crippen LogP contribution in [-0.2, 0) is 14.8 Å². The lowest BCUT2D eigenvalue weighted by molar-refractivity contribution is -0.122. The molecule has 1 aliphatic heterocycles. The minimum absolute atomic E-state index is 0.0834. The Hall–Kier alpha value is -2.83. The molecule has 0 bridgehead atoms. The predicted molar refractivity (Wildman–Crippen MR) is 132 cm³/mol. The number of hydrogen-bond acceptors (Lipinski definition) is 9. The standard InChI is InChI=1S/C22H24N4O5S3/c1-14(2)13-32-22-25-24-21(33-22)23-20(27)19-12-26(17-6-4-5-7-18(17)31-19)34(28,29)16-10-8-15(30-3)9-11-16/h4-11,14,19H,12-13H2,1-3H3,(H,23,24,27)/t19-/m1/s1. The maximum absolute atomic E-state index is 13.5. The van der Waals surface area contributed by atoms with Gasteiger partial charge in [0.05, 0.1) is 24.2 Å². The van der Waals surface area contributed by atoms with E-state index in [1.807, 2.05) is 0 Å². The quantitative estimate of drug-likeness (QED) is 0.352. The number of ether oxygens (including phenoxy) is 2. The summed E-state index contributed by atoms with van der Waals surface area (Å²) in [6.07, 6.45) is -1.07. The van der Waals surface area contributed by atoms with E-state index in [0.717, 1.165) is 10.1 Å². The van der Waals surface area contributed by atoms with Gasteiger partial charge in [0.25, 0.3) is 15.9 Å². The number of para-hydroxylation sites is 2. The summed E-state index contributed by atoms with van der Waals surface area (Å²) in [7, 11) is -2.45. The van der Waals surface area contributed by atoms with Crippen molar-refractivity contribution in [1.82, 2.24) is 10.2 Å². The van der Waals surface area contributed by atoms with E-state index in [4.69, 9.17) is 9.47 Å². The highest BCUT2D eigenvalue weighted by Gasteiger charge is 2.37. The number of benzene rings is 2. The average Bonchev–Trinajstić information content (AvgIpc) is 3.29. The number of thioether (sulfide) groups is 1. The predicted octanol–water partition coefficient (Wildman–Crippen LogP) is 3.89. The van der Waals surface area contributed by atoms with E-state index in [1.165, 1.54) is 34.9 Å². The molecule has 0 unspecified atom stereocenters. The normalized spacial score (nSPS) is 15.5. The van der Waals surface area contributed by atoms with Crippen LogP contribution >= 0.6 is 23.1 Å². The Morgan fingerprint density at radius 2 is 1.97 bits per heavy atom. The van der Waals surface area contributed by atoms with Crippen molar-refractivity contribution in [1.29, 1.82) is 0 Å². The molecular formula is C22H24N4O5S3. The summed E-state index contributed by atoms with van der Waals surface area (Å²) in [5.74, 6) is 1.74. The SMILES string of the molecule is COc1ccc(S(=O)(=O)N2C[C@H](C(=O)Nc3nnc(SCC(C)C)s3)Oc3ccccc32)cc1. The number of amides is 1. The molecule has 12 heteroatoms. The Bertz CT molecular complexity index is 1260. The number of aromatic nitrogens is 2. The summed E-state index contributed by atoms with van der Waals surface area (Å²) in [4.78, 5) is 13.1. The fraction of sp³-hybridized carbons (Fsp3) is 0.318. The van der Waals surface area contributed by atoms with E-state index in [0.29, 0.717) is 28.2 Å². The van der Waals surface area contributed by atoms with Gasteiger partial charge in [0.15, 0.2) is 10.4 Å². The lowest BCUT2D eigenvalue weighted by atomic mass is 10.2. The third-order valence-corrected chi connectivity index (χ3v) is 9.04. The van der Waals surface area contributed by atoms with Gasteiger partial charge in [-0.1, -0.05) is 49.1 Å². The van der Waals surface area contributed by atoms with Gasteiger partial charge in [-0.25, -0.2) is 8.42 Å². The highest BCUT2D eigenvalue weighted by atomic mass is 32.2. The Morgan fingerprint density at radius 3 is 2.68 bits per heavy atom. The van der Waals surface area contributed by atoms with Crippen molar-refractivity contribution in [3.05, 3.63) is 48.5 Å². The third kappa shape index (κ3) is 5.29. The van der Waals surface area contributed by atoms with Crippen LogP contribution in [0.5, 0.6) is 11.5 Å².